The minimum absolute atomic E-state index is 0.0465. The van der Waals surface area contributed by atoms with E-state index in [4.69, 9.17) is 5.73 Å². The molecule has 1 fully saturated rings. The first-order chi connectivity index (χ1) is 7.59. The van der Waals surface area contributed by atoms with Gasteiger partial charge in [-0.25, -0.2) is 4.98 Å². The van der Waals surface area contributed by atoms with E-state index in [2.05, 4.69) is 17.2 Å². The molecule has 1 amide bonds. The molecule has 86 valence electrons. The highest BCUT2D eigenvalue weighted by atomic mass is 16.1. The van der Waals surface area contributed by atoms with Gasteiger partial charge in [0.1, 0.15) is 5.82 Å². The predicted octanol–water partition coefficient (Wildman–Crippen LogP) is 1.73. The van der Waals surface area contributed by atoms with E-state index in [0.717, 1.165) is 12.8 Å². The standard InChI is InChI=1S/C12H17N3O/c1-12(5-2-3-6-12)15-11(16)9-4-7-14-10(13)8-9/h4,7-8H,2-3,5-6H2,1H3,(H2,13,14)(H,15,16). The van der Waals surface area contributed by atoms with Crippen LogP contribution in [0.25, 0.3) is 0 Å². The van der Waals surface area contributed by atoms with Crippen LogP contribution in [-0.4, -0.2) is 16.4 Å². The highest BCUT2D eigenvalue weighted by Crippen LogP contribution is 2.29. The Morgan fingerprint density at radius 3 is 2.81 bits per heavy atom. The molecule has 1 heterocycles. The molecule has 2 rings (SSSR count). The van der Waals surface area contributed by atoms with Crippen molar-refractivity contribution in [2.75, 3.05) is 5.73 Å². The van der Waals surface area contributed by atoms with Gasteiger partial charge in [0.15, 0.2) is 0 Å². The van der Waals surface area contributed by atoms with Gasteiger partial charge in [-0.1, -0.05) is 12.8 Å². The molecule has 4 heteroatoms. The molecule has 0 aromatic carbocycles. The van der Waals surface area contributed by atoms with Crippen LogP contribution in [-0.2, 0) is 0 Å². The molecule has 1 aliphatic rings. The summed E-state index contributed by atoms with van der Waals surface area (Å²) < 4.78 is 0. The molecule has 0 aliphatic heterocycles. The van der Waals surface area contributed by atoms with Gasteiger partial charge in [0.25, 0.3) is 5.91 Å². The summed E-state index contributed by atoms with van der Waals surface area (Å²) in [5.41, 5.74) is 6.08. The zero-order chi connectivity index (χ0) is 11.6. The summed E-state index contributed by atoms with van der Waals surface area (Å²) in [4.78, 5) is 15.8. The van der Waals surface area contributed by atoms with Gasteiger partial charge in [-0.3, -0.25) is 4.79 Å². The number of rotatable bonds is 2. The zero-order valence-corrected chi connectivity index (χ0v) is 9.49. The highest BCUT2D eigenvalue weighted by Gasteiger charge is 2.30. The third kappa shape index (κ3) is 2.32. The van der Waals surface area contributed by atoms with Crippen molar-refractivity contribution in [3.05, 3.63) is 23.9 Å². The van der Waals surface area contributed by atoms with Crippen LogP contribution in [0.3, 0.4) is 0 Å². The van der Waals surface area contributed by atoms with Crippen LogP contribution in [0.15, 0.2) is 18.3 Å². The Hall–Kier alpha value is -1.58. The van der Waals surface area contributed by atoms with Crippen LogP contribution in [0.4, 0.5) is 5.82 Å². The molecule has 0 spiro atoms. The SMILES string of the molecule is CC1(NC(=O)c2ccnc(N)c2)CCCC1. The van der Waals surface area contributed by atoms with Crippen molar-refractivity contribution >= 4 is 11.7 Å². The Morgan fingerprint density at radius 2 is 2.19 bits per heavy atom. The zero-order valence-electron chi connectivity index (χ0n) is 9.49. The van der Waals surface area contributed by atoms with Gasteiger partial charge >= 0.3 is 0 Å². The monoisotopic (exact) mass is 219 g/mol. The number of nitrogen functional groups attached to an aromatic ring is 1. The lowest BCUT2D eigenvalue weighted by Gasteiger charge is -2.25. The fourth-order valence-electron chi connectivity index (χ4n) is 2.22. The Bertz CT molecular complexity index is 397. The summed E-state index contributed by atoms with van der Waals surface area (Å²) in [7, 11) is 0. The largest absolute Gasteiger partial charge is 0.384 e. The summed E-state index contributed by atoms with van der Waals surface area (Å²) in [6, 6.07) is 3.29. The molecular weight excluding hydrogens is 202 g/mol. The number of hydrogen-bond acceptors (Lipinski definition) is 3. The Labute approximate surface area is 95.3 Å². The van der Waals surface area contributed by atoms with Crippen molar-refractivity contribution in [2.24, 2.45) is 0 Å². The van der Waals surface area contributed by atoms with Gasteiger partial charge in [-0.2, -0.15) is 0 Å². The lowest BCUT2D eigenvalue weighted by atomic mass is 10.00. The molecule has 0 saturated heterocycles. The molecule has 0 bridgehead atoms. The van der Waals surface area contributed by atoms with Crippen molar-refractivity contribution in [2.45, 2.75) is 38.1 Å². The minimum atomic E-state index is -0.0569. The van der Waals surface area contributed by atoms with E-state index in [0.29, 0.717) is 11.4 Å². The number of amides is 1. The van der Waals surface area contributed by atoms with Crippen molar-refractivity contribution in [3.63, 3.8) is 0 Å². The van der Waals surface area contributed by atoms with E-state index in [-0.39, 0.29) is 11.4 Å². The van der Waals surface area contributed by atoms with E-state index in [1.807, 2.05) is 0 Å². The lowest BCUT2D eigenvalue weighted by molar-refractivity contribution is 0.0908. The Kier molecular flexibility index (Phi) is 2.81. The van der Waals surface area contributed by atoms with Crippen LogP contribution < -0.4 is 11.1 Å². The smallest absolute Gasteiger partial charge is 0.251 e. The van der Waals surface area contributed by atoms with Crippen LogP contribution >= 0.6 is 0 Å². The van der Waals surface area contributed by atoms with Crippen molar-refractivity contribution in [1.82, 2.24) is 10.3 Å². The fraction of sp³-hybridized carbons (Fsp3) is 0.500. The lowest BCUT2D eigenvalue weighted by Crippen LogP contribution is -2.43. The number of carbonyl (C=O) groups is 1. The van der Waals surface area contributed by atoms with E-state index in [9.17, 15) is 4.79 Å². The van der Waals surface area contributed by atoms with Gasteiger partial charge in [0.2, 0.25) is 0 Å². The Morgan fingerprint density at radius 1 is 1.50 bits per heavy atom. The number of anilines is 1. The summed E-state index contributed by atoms with van der Waals surface area (Å²) in [6.07, 6.45) is 6.05. The number of nitrogens with two attached hydrogens (primary N) is 1. The van der Waals surface area contributed by atoms with Crippen LogP contribution in [0, 0.1) is 0 Å². The van der Waals surface area contributed by atoms with Crippen LogP contribution in [0.5, 0.6) is 0 Å². The van der Waals surface area contributed by atoms with Crippen molar-refractivity contribution < 1.29 is 4.79 Å². The molecule has 0 radical (unpaired) electrons. The van der Waals surface area contributed by atoms with Gasteiger partial charge in [-0.15, -0.1) is 0 Å². The minimum Gasteiger partial charge on any atom is -0.384 e. The molecule has 16 heavy (non-hydrogen) atoms. The van der Waals surface area contributed by atoms with E-state index < -0.39 is 0 Å². The Balaban J connectivity index is 2.08. The van der Waals surface area contributed by atoms with Gasteiger partial charge < -0.3 is 11.1 Å². The molecular formula is C12H17N3O. The maximum Gasteiger partial charge on any atom is 0.251 e. The number of nitrogens with zero attached hydrogens (tertiary/aromatic N) is 1. The van der Waals surface area contributed by atoms with E-state index >= 15 is 0 Å². The molecule has 1 aromatic rings. The molecule has 3 N–H and O–H groups in total. The number of hydrogen-bond donors (Lipinski definition) is 2. The van der Waals surface area contributed by atoms with Gasteiger partial charge in [0.05, 0.1) is 0 Å². The normalized spacial score (nSPS) is 18.3. The highest BCUT2D eigenvalue weighted by molar-refractivity contribution is 5.95. The third-order valence-corrected chi connectivity index (χ3v) is 3.17. The van der Waals surface area contributed by atoms with Crippen LogP contribution in [0.2, 0.25) is 0 Å². The second-order valence-corrected chi connectivity index (χ2v) is 4.69. The molecule has 1 aromatic heterocycles. The first-order valence-electron chi connectivity index (χ1n) is 5.63. The van der Waals surface area contributed by atoms with Gasteiger partial charge in [0, 0.05) is 17.3 Å². The maximum atomic E-state index is 12.0. The first-order valence-corrected chi connectivity index (χ1v) is 5.63. The second kappa shape index (κ2) is 4.12. The average molecular weight is 219 g/mol. The second-order valence-electron chi connectivity index (χ2n) is 4.69. The third-order valence-electron chi connectivity index (χ3n) is 3.17. The summed E-state index contributed by atoms with van der Waals surface area (Å²) >= 11 is 0. The van der Waals surface area contributed by atoms with Crippen molar-refractivity contribution in [3.8, 4) is 0 Å². The number of aromatic nitrogens is 1. The quantitative estimate of drug-likeness (QED) is 0.796. The topological polar surface area (TPSA) is 68.0 Å². The summed E-state index contributed by atoms with van der Waals surface area (Å²) in [5.74, 6) is 0.322. The number of pyridine rings is 1. The maximum absolute atomic E-state index is 12.0. The molecule has 0 unspecified atom stereocenters. The average Bonchev–Trinajstić information content (AvgIpc) is 2.65. The fourth-order valence-corrected chi connectivity index (χ4v) is 2.22. The number of nitrogens with one attached hydrogen (secondary N) is 1. The predicted molar refractivity (Wildman–Crippen MR) is 63.0 cm³/mol. The van der Waals surface area contributed by atoms with Crippen LogP contribution in [0.1, 0.15) is 43.0 Å². The summed E-state index contributed by atoms with van der Waals surface area (Å²) in [6.45, 7) is 2.10. The van der Waals surface area contributed by atoms with E-state index in [1.54, 1.807) is 18.3 Å². The molecule has 1 saturated carbocycles. The molecule has 1 aliphatic carbocycles. The summed E-state index contributed by atoms with van der Waals surface area (Å²) in [5, 5.41) is 3.08. The first kappa shape index (κ1) is 10.9. The van der Waals surface area contributed by atoms with Crippen molar-refractivity contribution in [1.29, 1.82) is 0 Å². The molecule has 0 atom stereocenters. The van der Waals surface area contributed by atoms with Gasteiger partial charge in [-0.05, 0) is 31.9 Å². The van der Waals surface area contributed by atoms with E-state index in [1.165, 1.54) is 12.8 Å². The molecule has 4 nitrogen and oxygen atoms in total. The number of carbonyl (C=O) groups excluding carboxylic acids is 1.